The maximum Gasteiger partial charge on any atom is 0.119 e. The average Bonchev–Trinajstić information content (AvgIpc) is 2.40. The van der Waals surface area contributed by atoms with Gasteiger partial charge < -0.3 is 25.0 Å². The van der Waals surface area contributed by atoms with Crippen LogP contribution in [0.15, 0.2) is 18.2 Å². The van der Waals surface area contributed by atoms with E-state index in [1.807, 2.05) is 6.92 Å². The van der Waals surface area contributed by atoms with Gasteiger partial charge in [0.2, 0.25) is 0 Å². The van der Waals surface area contributed by atoms with Crippen molar-refractivity contribution < 1.29 is 19.7 Å². The number of benzene rings is 1. The zero-order chi connectivity index (χ0) is 14.8. The van der Waals surface area contributed by atoms with E-state index in [9.17, 15) is 10.2 Å². The maximum absolute atomic E-state index is 9.44. The molecule has 0 amide bonds. The molecule has 1 aromatic carbocycles. The quantitative estimate of drug-likeness (QED) is 0.574. The summed E-state index contributed by atoms with van der Waals surface area (Å²) in [5.41, 5.74) is 0.874. The highest BCUT2D eigenvalue weighted by atomic mass is 16.5. The van der Waals surface area contributed by atoms with Gasteiger partial charge >= 0.3 is 0 Å². The van der Waals surface area contributed by atoms with Gasteiger partial charge in [-0.1, -0.05) is 0 Å². The minimum Gasteiger partial charge on any atom is -0.508 e. The molecule has 0 radical (unpaired) electrons. The Bertz CT molecular complexity index is 364. The molecular formula is C15H25NO4. The molecule has 0 spiro atoms. The molecule has 3 N–H and O–H groups in total. The zero-order valence-corrected chi connectivity index (χ0v) is 12.3. The Labute approximate surface area is 120 Å². The number of unbranched alkanes of at least 4 members (excludes halogenated alkanes) is 1. The zero-order valence-electron chi connectivity index (χ0n) is 12.3. The van der Waals surface area contributed by atoms with Gasteiger partial charge in [0.25, 0.3) is 0 Å². The molecule has 0 aliphatic heterocycles. The van der Waals surface area contributed by atoms with Crippen LogP contribution in [0, 0.1) is 0 Å². The first-order chi connectivity index (χ1) is 9.63. The van der Waals surface area contributed by atoms with E-state index >= 15 is 0 Å². The number of hydrogen-bond donors (Lipinski definition) is 3. The van der Waals surface area contributed by atoms with Gasteiger partial charge in [-0.05, 0) is 44.0 Å². The molecule has 0 heterocycles. The van der Waals surface area contributed by atoms with Crippen molar-refractivity contribution in [2.45, 2.75) is 25.8 Å². The highest BCUT2D eigenvalue weighted by Crippen LogP contribution is 2.24. The van der Waals surface area contributed by atoms with Crippen LogP contribution < -0.4 is 5.32 Å². The monoisotopic (exact) mass is 283 g/mol. The van der Waals surface area contributed by atoms with Crippen molar-refractivity contribution in [1.82, 2.24) is 5.32 Å². The Balaban J connectivity index is 2.15. The van der Waals surface area contributed by atoms with Gasteiger partial charge in [0, 0.05) is 25.8 Å². The van der Waals surface area contributed by atoms with Crippen molar-refractivity contribution in [3.05, 3.63) is 23.8 Å². The second kappa shape index (κ2) is 9.58. The van der Waals surface area contributed by atoms with Gasteiger partial charge in [0.05, 0.1) is 13.2 Å². The predicted molar refractivity (Wildman–Crippen MR) is 78.1 cm³/mol. The summed E-state index contributed by atoms with van der Waals surface area (Å²) in [7, 11) is 1.66. The fourth-order valence-electron chi connectivity index (χ4n) is 1.88. The summed E-state index contributed by atoms with van der Waals surface area (Å²) in [5.74, 6) is 0.167. The molecule has 0 aromatic heterocycles. The number of methoxy groups -OCH3 is 1. The van der Waals surface area contributed by atoms with E-state index in [0.717, 1.165) is 31.6 Å². The number of ether oxygens (including phenoxy) is 2. The second-order valence-corrected chi connectivity index (χ2v) is 4.77. The fraction of sp³-hybridized carbons (Fsp3) is 0.600. The van der Waals surface area contributed by atoms with Crippen LogP contribution in [0.25, 0.3) is 0 Å². The first-order valence-corrected chi connectivity index (χ1v) is 6.96. The highest BCUT2D eigenvalue weighted by molar-refractivity contribution is 5.37. The molecule has 114 valence electrons. The summed E-state index contributed by atoms with van der Waals surface area (Å²) in [6, 6.07) is 4.73. The molecular weight excluding hydrogens is 258 g/mol. The van der Waals surface area contributed by atoms with Crippen molar-refractivity contribution in [2.75, 3.05) is 33.5 Å². The Morgan fingerprint density at radius 2 is 1.75 bits per heavy atom. The molecule has 0 aliphatic carbocycles. The minimum absolute atomic E-state index is 0.0835. The number of rotatable bonds is 10. The number of phenolic OH excluding ortho intramolecular Hbond substituents is 2. The first-order valence-electron chi connectivity index (χ1n) is 6.96. The Kier molecular flexibility index (Phi) is 8.02. The average molecular weight is 283 g/mol. The number of phenols is 2. The number of hydrogen-bond acceptors (Lipinski definition) is 5. The topological polar surface area (TPSA) is 71.0 Å². The summed E-state index contributed by atoms with van der Waals surface area (Å²) in [4.78, 5) is 0. The van der Waals surface area contributed by atoms with Gasteiger partial charge in [-0.3, -0.25) is 0 Å². The van der Waals surface area contributed by atoms with Crippen LogP contribution in [0.3, 0.4) is 0 Å². The van der Waals surface area contributed by atoms with E-state index in [-0.39, 0.29) is 17.5 Å². The smallest absolute Gasteiger partial charge is 0.119 e. The standard InChI is InChI=1S/C15H25NO4/c1-12(13-9-14(17)11-15(18)10-13)16-5-3-4-6-20-8-7-19-2/h9-12,16-18H,3-8H2,1-2H3. The van der Waals surface area contributed by atoms with E-state index in [1.54, 1.807) is 19.2 Å². The van der Waals surface area contributed by atoms with Gasteiger partial charge in [0.15, 0.2) is 0 Å². The van der Waals surface area contributed by atoms with Crippen LogP contribution in [0.2, 0.25) is 0 Å². The van der Waals surface area contributed by atoms with Crippen molar-refractivity contribution in [1.29, 1.82) is 0 Å². The molecule has 0 saturated carbocycles. The van der Waals surface area contributed by atoms with Crippen LogP contribution in [0.4, 0.5) is 0 Å². The molecule has 0 saturated heterocycles. The van der Waals surface area contributed by atoms with Gasteiger partial charge in [-0.15, -0.1) is 0 Å². The SMILES string of the molecule is COCCOCCCCNC(C)c1cc(O)cc(O)c1. The lowest BCUT2D eigenvalue weighted by molar-refractivity contribution is 0.0687. The van der Waals surface area contributed by atoms with Crippen LogP contribution in [-0.4, -0.2) is 43.7 Å². The predicted octanol–water partition coefficient (Wildman–Crippen LogP) is 2.19. The van der Waals surface area contributed by atoms with Crippen LogP contribution >= 0.6 is 0 Å². The number of aromatic hydroxyl groups is 2. The minimum atomic E-state index is 0.0835. The Morgan fingerprint density at radius 3 is 2.40 bits per heavy atom. The fourth-order valence-corrected chi connectivity index (χ4v) is 1.88. The summed E-state index contributed by atoms with van der Waals surface area (Å²) in [6.45, 7) is 4.89. The van der Waals surface area contributed by atoms with Crippen molar-refractivity contribution in [2.24, 2.45) is 0 Å². The van der Waals surface area contributed by atoms with E-state index in [2.05, 4.69) is 5.32 Å². The lowest BCUT2D eigenvalue weighted by Gasteiger charge is -2.15. The van der Waals surface area contributed by atoms with E-state index in [4.69, 9.17) is 9.47 Å². The van der Waals surface area contributed by atoms with Crippen LogP contribution in [0.1, 0.15) is 31.4 Å². The summed E-state index contributed by atoms with van der Waals surface area (Å²) in [5, 5.41) is 22.2. The molecule has 1 rings (SSSR count). The molecule has 1 unspecified atom stereocenters. The molecule has 5 nitrogen and oxygen atoms in total. The van der Waals surface area contributed by atoms with Crippen molar-refractivity contribution in [3.63, 3.8) is 0 Å². The van der Waals surface area contributed by atoms with E-state index < -0.39 is 0 Å². The van der Waals surface area contributed by atoms with E-state index in [0.29, 0.717) is 13.2 Å². The van der Waals surface area contributed by atoms with Crippen molar-refractivity contribution in [3.8, 4) is 11.5 Å². The normalized spacial score (nSPS) is 12.5. The maximum atomic E-state index is 9.44. The van der Waals surface area contributed by atoms with E-state index in [1.165, 1.54) is 6.07 Å². The van der Waals surface area contributed by atoms with Crippen LogP contribution in [-0.2, 0) is 9.47 Å². The Hall–Kier alpha value is -1.30. The van der Waals surface area contributed by atoms with Crippen LogP contribution in [0.5, 0.6) is 11.5 Å². The molecule has 1 atom stereocenters. The Morgan fingerprint density at radius 1 is 1.05 bits per heavy atom. The first kappa shape index (κ1) is 16.8. The largest absolute Gasteiger partial charge is 0.508 e. The van der Waals surface area contributed by atoms with Gasteiger partial charge in [-0.2, -0.15) is 0 Å². The summed E-state index contributed by atoms with van der Waals surface area (Å²) >= 11 is 0. The third-order valence-corrected chi connectivity index (χ3v) is 3.02. The third-order valence-electron chi connectivity index (χ3n) is 3.02. The lowest BCUT2D eigenvalue weighted by Crippen LogP contribution is -2.20. The number of nitrogens with one attached hydrogen (secondary N) is 1. The van der Waals surface area contributed by atoms with Crippen molar-refractivity contribution >= 4 is 0 Å². The third kappa shape index (κ3) is 6.75. The molecule has 20 heavy (non-hydrogen) atoms. The highest BCUT2D eigenvalue weighted by Gasteiger charge is 2.07. The second-order valence-electron chi connectivity index (χ2n) is 4.77. The lowest BCUT2D eigenvalue weighted by atomic mass is 10.1. The summed E-state index contributed by atoms with van der Waals surface area (Å²) in [6.07, 6.45) is 2.01. The molecule has 5 heteroatoms. The molecule has 0 aliphatic rings. The molecule has 0 fully saturated rings. The van der Waals surface area contributed by atoms with Gasteiger partial charge in [-0.25, -0.2) is 0 Å². The molecule has 1 aromatic rings. The van der Waals surface area contributed by atoms with Gasteiger partial charge in [0.1, 0.15) is 11.5 Å². The summed E-state index contributed by atoms with van der Waals surface area (Å²) < 4.78 is 10.3. The molecule has 0 bridgehead atoms.